The normalized spacial score (nSPS) is 14.4. The van der Waals surface area contributed by atoms with Gasteiger partial charge in [-0.15, -0.1) is 11.3 Å². The summed E-state index contributed by atoms with van der Waals surface area (Å²) in [5.41, 5.74) is 2.52. The minimum Gasteiger partial charge on any atom is -0.287 e. The van der Waals surface area contributed by atoms with E-state index in [4.69, 9.17) is 4.98 Å². The van der Waals surface area contributed by atoms with Gasteiger partial charge in [-0.3, -0.25) is 9.36 Å². The van der Waals surface area contributed by atoms with Gasteiger partial charge in [-0.2, -0.15) is 0 Å². The highest BCUT2D eigenvalue weighted by Gasteiger charge is 2.21. The third-order valence-electron chi connectivity index (χ3n) is 3.80. The van der Waals surface area contributed by atoms with Gasteiger partial charge < -0.3 is 0 Å². The molecule has 0 amide bonds. The van der Waals surface area contributed by atoms with Crippen LogP contribution in [0.4, 0.5) is 0 Å². The average molecular weight is 320 g/mol. The van der Waals surface area contributed by atoms with Gasteiger partial charge in [0.1, 0.15) is 4.83 Å². The molecule has 0 unspecified atom stereocenters. The van der Waals surface area contributed by atoms with Gasteiger partial charge in [-0.1, -0.05) is 23.9 Å². The Morgan fingerprint density at radius 1 is 1.43 bits per heavy atom. The van der Waals surface area contributed by atoms with Crippen molar-refractivity contribution in [2.75, 3.05) is 5.75 Å². The quantitative estimate of drug-likeness (QED) is 0.485. The average Bonchev–Trinajstić information content (AvgIpc) is 2.83. The van der Waals surface area contributed by atoms with Gasteiger partial charge in [0.2, 0.25) is 0 Å². The maximum Gasteiger partial charge on any atom is 0.263 e. The lowest BCUT2D eigenvalue weighted by atomic mass is 9.97. The molecule has 0 saturated carbocycles. The fourth-order valence-electron chi connectivity index (χ4n) is 2.80. The molecule has 3 rings (SSSR count). The Morgan fingerprint density at radius 2 is 2.19 bits per heavy atom. The van der Waals surface area contributed by atoms with Crippen molar-refractivity contribution in [3.63, 3.8) is 0 Å². The summed E-state index contributed by atoms with van der Waals surface area (Å²) in [5.74, 6) is 0.809. The van der Waals surface area contributed by atoms with Crippen molar-refractivity contribution >= 4 is 33.3 Å². The number of thioether (sulfide) groups is 1. The first kappa shape index (κ1) is 14.9. The van der Waals surface area contributed by atoms with E-state index in [0.29, 0.717) is 6.54 Å². The maximum atomic E-state index is 12.9. The number of fused-ring (bicyclic) bond motifs is 3. The number of nitrogens with zero attached hydrogens (tertiary/aromatic N) is 2. The lowest BCUT2D eigenvalue weighted by Gasteiger charge is -2.12. The zero-order valence-corrected chi connectivity index (χ0v) is 14.2. The summed E-state index contributed by atoms with van der Waals surface area (Å²) in [7, 11) is 0. The number of hydrogen-bond donors (Lipinski definition) is 0. The van der Waals surface area contributed by atoms with Gasteiger partial charge in [-0.25, -0.2) is 4.98 Å². The summed E-state index contributed by atoms with van der Waals surface area (Å²) < 4.78 is 1.82. The van der Waals surface area contributed by atoms with Gasteiger partial charge in [0, 0.05) is 17.2 Å². The molecular formula is C16H20N2OS2. The minimum absolute atomic E-state index is 0.145. The molecule has 1 aliphatic carbocycles. The van der Waals surface area contributed by atoms with Crippen LogP contribution in [0.3, 0.4) is 0 Å². The topological polar surface area (TPSA) is 34.9 Å². The van der Waals surface area contributed by atoms with Crippen LogP contribution in [-0.4, -0.2) is 15.3 Å². The minimum atomic E-state index is 0.145. The number of rotatable bonds is 4. The zero-order valence-electron chi connectivity index (χ0n) is 12.6. The van der Waals surface area contributed by atoms with Crippen molar-refractivity contribution in [3.05, 3.63) is 32.9 Å². The highest BCUT2D eigenvalue weighted by molar-refractivity contribution is 7.99. The summed E-state index contributed by atoms with van der Waals surface area (Å²) in [4.78, 5) is 20.0. The van der Waals surface area contributed by atoms with Crippen LogP contribution in [0.2, 0.25) is 0 Å². The summed E-state index contributed by atoms with van der Waals surface area (Å²) in [6, 6.07) is 0. The molecule has 2 aromatic rings. The second-order valence-electron chi connectivity index (χ2n) is 5.58. The van der Waals surface area contributed by atoms with E-state index in [-0.39, 0.29) is 5.56 Å². The van der Waals surface area contributed by atoms with Crippen LogP contribution in [0.1, 0.15) is 37.1 Å². The molecule has 1 aliphatic rings. The highest BCUT2D eigenvalue weighted by atomic mass is 32.2. The predicted molar refractivity (Wildman–Crippen MR) is 91.7 cm³/mol. The van der Waals surface area contributed by atoms with Crippen LogP contribution in [0.15, 0.2) is 22.1 Å². The second kappa shape index (κ2) is 5.97. The Labute approximate surface area is 133 Å². The van der Waals surface area contributed by atoms with E-state index in [9.17, 15) is 4.79 Å². The van der Waals surface area contributed by atoms with Crippen molar-refractivity contribution < 1.29 is 0 Å². The lowest BCUT2D eigenvalue weighted by Crippen LogP contribution is -2.23. The molecular weight excluding hydrogens is 300 g/mol. The standard InChI is InChI=1S/C16H20N2OS2/c1-4-18-15(19)13-11-7-5-6-8-12(11)21-14(13)17-16(18)20-9-10(2)3/h2,4-9H2,1,3H3. The van der Waals surface area contributed by atoms with Crippen molar-refractivity contribution in [1.82, 2.24) is 9.55 Å². The van der Waals surface area contributed by atoms with Crippen LogP contribution >= 0.6 is 23.1 Å². The van der Waals surface area contributed by atoms with Crippen molar-refractivity contribution in [3.8, 4) is 0 Å². The molecule has 3 nitrogen and oxygen atoms in total. The molecule has 21 heavy (non-hydrogen) atoms. The van der Waals surface area contributed by atoms with E-state index in [0.717, 1.165) is 39.5 Å². The largest absolute Gasteiger partial charge is 0.287 e. The SMILES string of the molecule is C=C(C)CSc1nc2sc3c(c2c(=O)n1CC)CCCC3. The molecule has 0 spiro atoms. The molecule has 0 aliphatic heterocycles. The van der Waals surface area contributed by atoms with E-state index in [1.807, 2.05) is 18.4 Å². The first-order chi connectivity index (χ1) is 10.1. The van der Waals surface area contributed by atoms with Crippen molar-refractivity contribution in [2.45, 2.75) is 51.2 Å². The van der Waals surface area contributed by atoms with Gasteiger partial charge in [0.05, 0.1) is 5.39 Å². The van der Waals surface area contributed by atoms with E-state index < -0.39 is 0 Å². The number of hydrogen-bond acceptors (Lipinski definition) is 4. The Bertz CT molecular complexity index is 758. The Kier molecular flexibility index (Phi) is 4.22. The van der Waals surface area contributed by atoms with Gasteiger partial charge >= 0.3 is 0 Å². The third-order valence-corrected chi connectivity index (χ3v) is 6.20. The summed E-state index contributed by atoms with van der Waals surface area (Å²) in [6.07, 6.45) is 4.57. The Morgan fingerprint density at radius 3 is 2.90 bits per heavy atom. The van der Waals surface area contributed by atoms with Crippen LogP contribution in [0.25, 0.3) is 10.2 Å². The molecule has 0 radical (unpaired) electrons. The van der Waals surface area contributed by atoms with Crippen LogP contribution in [-0.2, 0) is 19.4 Å². The first-order valence-corrected chi connectivity index (χ1v) is 9.24. The van der Waals surface area contributed by atoms with E-state index >= 15 is 0 Å². The van der Waals surface area contributed by atoms with Crippen molar-refractivity contribution in [2.24, 2.45) is 0 Å². The van der Waals surface area contributed by atoms with Gasteiger partial charge in [0.15, 0.2) is 5.16 Å². The molecule has 0 bridgehead atoms. The highest BCUT2D eigenvalue weighted by Crippen LogP contribution is 2.34. The third kappa shape index (κ3) is 2.69. The van der Waals surface area contributed by atoms with Crippen LogP contribution < -0.4 is 5.56 Å². The zero-order chi connectivity index (χ0) is 15.0. The van der Waals surface area contributed by atoms with Crippen molar-refractivity contribution in [1.29, 1.82) is 0 Å². The number of thiophene rings is 1. The maximum absolute atomic E-state index is 12.9. The van der Waals surface area contributed by atoms with Gasteiger partial charge in [0.25, 0.3) is 5.56 Å². The molecule has 0 atom stereocenters. The van der Waals surface area contributed by atoms with E-state index in [2.05, 4.69) is 6.58 Å². The van der Waals surface area contributed by atoms with Gasteiger partial charge in [-0.05, 0) is 45.1 Å². The van der Waals surface area contributed by atoms with Crippen LogP contribution in [0.5, 0.6) is 0 Å². The molecule has 0 saturated heterocycles. The predicted octanol–water partition coefficient (Wildman–Crippen LogP) is 4.02. The Balaban J connectivity index is 2.17. The molecule has 5 heteroatoms. The molecule has 0 fully saturated rings. The fraction of sp³-hybridized carbons (Fsp3) is 0.500. The van der Waals surface area contributed by atoms with Crippen LogP contribution in [0, 0.1) is 0 Å². The molecule has 2 heterocycles. The summed E-state index contributed by atoms with van der Waals surface area (Å²) in [6.45, 7) is 8.62. The number of aromatic nitrogens is 2. The van der Waals surface area contributed by atoms with E-state index in [1.165, 1.54) is 23.3 Å². The summed E-state index contributed by atoms with van der Waals surface area (Å²) >= 11 is 3.33. The smallest absolute Gasteiger partial charge is 0.263 e. The number of aryl methyl sites for hydroxylation is 2. The monoisotopic (exact) mass is 320 g/mol. The molecule has 2 aromatic heterocycles. The first-order valence-electron chi connectivity index (χ1n) is 7.44. The molecule has 112 valence electrons. The van der Waals surface area contributed by atoms with E-state index in [1.54, 1.807) is 23.1 Å². The molecule has 0 N–H and O–H groups in total. The second-order valence-corrected chi connectivity index (χ2v) is 7.61. The fourth-order valence-corrected chi connectivity index (χ4v) is 5.01. The lowest BCUT2D eigenvalue weighted by molar-refractivity contribution is 0.634. The summed E-state index contributed by atoms with van der Waals surface area (Å²) in [5, 5.41) is 1.72. The molecule has 0 aromatic carbocycles. The Hall–Kier alpha value is -1.07.